The summed E-state index contributed by atoms with van der Waals surface area (Å²) in [6.07, 6.45) is 1.14. The van der Waals surface area contributed by atoms with Crippen LogP contribution >= 0.6 is 11.6 Å². The lowest BCUT2D eigenvalue weighted by Gasteiger charge is -2.19. The van der Waals surface area contributed by atoms with E-state index in [4.69, 9.17) is 16.3 Å². The van der Waals surface area contributed by atoms with Crippen LogP contribution in [0.1, 0.15) is 39.7 Å². The predicted molar refractivity (Wildman–Crippen MR) is 79.7 cm³/mol. The van der Waals surface area contributed by atoms with Crippen molar-refractivity contribution in [3.05, 3.63) is 23.8 Å². The van der Waals surface area contributed by atoms with Gasteiger partial charge in [0, 0.05) is 17.8 Å². The topological polar surface area (TPSA) is 21.3 Å². The van der Waals surface area contributed by atoms with Crippen molar-refractivity contribution in [3.8, 4) is 5.75 Å². The van der Waals surface area contributed by atoms with Crippen LogP contribution in [0.2, 0.25) is 0 Å². The molecule has 102 valence electrons. The standard InChI is InChI=1S/C15H24ClNO/c1-5-18-14-7-6-13(10-12(14)11-16)17-9-8-15(2,3)4/h6-7,10,17H,5,8-9,11H2,1-4H3. The largest absolute Gasteiger partial charge is 0.494 e. The average molecular weight is 270 g/mol. The zero-order valence-corrected chi connectivity index (χ0v) is 12.6. The fourth-order valence-corrected chi connectivity index (χ4v) is 1.88. The molecular weight excluding hydrogens is 246 g/mol. The predicted octanol–water partition coefficient (Wildman–Crippen LogP) is 4.67. The first kappa shape index (κ1) is 15.2. The van der Waals surface area contributed by atoms with E-state index in [1.54, 1.807) is 0 Å². The Morgan fingerprint density at radius 2 is 2.00 bits per heavy atom. The molecule has 0 unspecified atom stereocenters. The maximum Gasteiger partial charge on any atom is 0.123 e. The monoisotopic (exact) mass is 269 g/mol. The Morgan fingerprint density at radius 3 is 2.56 bits per heavy atom. The van der Waals surface area contributed by atoms with Crippen LogP contribution in [-0.4, -0.2) is 13.2 Å². The Kier molecular flexibility index (Phi) is 5.80. The fraction of sp³-hybridized carbons (Fsp3) is 0.600. The Balaban J connectivity index is 2.62. The van der Waals surface area contributed by atoms with E-state index in [0.717, 1.165) is 30.0 Å². The van der Waals surface area contributed by atoms with Gasteiger partial charge in [-0.25, -0.2) is 0 Å². The van der Waals surface area contributed by atoms with E-state index in [2.05, 4.69) is 32.2 Å². The quantitative estimate of drug-likeness (QED) is 0.758. The first-order chi connectivity index (χ1) is 8.46. The van der Waals surface area contributed by atoms with Gasteiger partial charge in [-0.1, -0.05) is 20.8 Å². The van der Waals surface area contributed by atoms with Crippen molar-refractivity contribution in [1.82, 2.24) is 0 Å². The summed E-state index contributed by atoms with van der Waals surface area (Å²) in [5.41, 5.74) is 2.51. The molecule has 0 aliphatic heterocycles. The molecule has 18 heavy (non-hydrogen) atoms. The number of ether oxygens (including phenoxy) is 1. The summed E-state index contributed by atoms with van der Waals surface area (Å²) in [5, 5.41) is 3.43. The summed E-state index contributed by atoms with van der Waals surface area (Å²) in [4.78, 5) is 0. The highest BCUT2D eigenvalue weighted by molar-refractivity contribution is 6.17. The summed E-state index contributed by atoms with van der Waals surface area (Å²) in [6, 6.07) is 6.10. The second kappa shape index (κ2) is 6.89. The van der Waals surface area contributed by atoms with Crippen molar-refractivity contribution in [2.24, 2.45) is 5.41 Å². The molecule has 1 aromatic rings. The molecule has 0 aromatic heterocycles. The number of hydrogen-bond donors (Lipinski definition) is 1. The molecule has 0 bridgehead atoms. The minimum absolute atomic E-state index is 0.355. The van der Waals surface area contributed by atoms with Crippen molar-refractivity contribution >= 4 is 17.3 Å². The molecule has 0 atom stereocenters. The van der Waals surface area contributed by atoms with Crippen LogP contribution in [-0.2, 0) is 5.88 Å². The Labute approximate surface area is 116 Å². The molecule has 0 aliphatic rings. The SMILES string of the molecule is CCOc1ccc(NCCC(C)(C)C)cc1CCl. The first-order valence-electron chi connectivity index (χ1n) is 6.52. The third kappa shape index (κ3) is 5.18. The van der Waals surface area contributed by atoms with E-state index in [9.17, 15) is 0 Å². The summed E-state index contributed by atoms with van der Waals surface area (Å²) in [5.74, 6) is 1.36. The molecule has 0 radical (unpaired) electrons. The molecule has 0 saturated carbocycles. The van der Waals surface area contributed by atoms with Crippen LogP contribution in [0.3, 0.4) is 0 Å². The van der Waals surface area contributed by atoms with Crippen molar-refractivity contribution in [2.75, 3.05) is 18.5 Å². The van der Waals surface area contributed by atoms with Gasteiger partial charge in [0.15, 0.2) is 0 Å². The van der Waals surface area contributed by atoms with E-state index in [0.29, 0.717) is 17.9 Å². The molecule has 0 heterocycles. The van der Waals surface area contributed by atoms with Crippen LogP contribution in [0.15, 0.2) is 18.2 Å². The van der Waals surface area contributed by atoms with Gasteiger partial charge in [0.1, 0.15) is 5.75 Å². The van der Waals surface area contributed by atoms with E-state index >= 15 is 0 Å². The van der Waals surface area contributed by atoms with Crippen LogP contribution in [0.5, 0.6) is 5.75 Å². The van der Waals surface area contributed by atoms with Gasteiger partial charge in [0.2, 0.25) is 0 Å². The zero-order valence-electron chi connectivity index (χ0n) is 11.8. The molecular formula is C15H24ClNO. The van der Waals surface area contributed by atoms with Crippen molar-refractivity contribution in [2.45, 2.75) is 40.0 Å². The molecule has 3 heteroatoms. The zero-order chi connectivity index (χ0) is 13.6. The second-order valence-corrected chi connectivity index (χ2v) is 5.89. The highest BCUT2D eigenvalue weighted by atomic mass is 35.5. The maximum absolute atomic E-state index is 5.94. The van der Waals surface area contributed by atoms with Gasteiger partial charge in [-0.2, -0.15) is 0 Å². The molecule has 0 saturated heterocycles. The van der Waals surface area contributed by atoms with E-state index in [-0.39, 0.29) is 0 Å². The maximum atomic E-state index is 5.94. The summed E-state index contributed by atoms with van der Waals surface area (Å²) >= 11 is 5.94. The van der Waals surface area contributed by atoms with Gasteiger partial charge in [0.25, 0.3) is 0 Å². The number of alkyl halides is 1. The Morgan fingerprint density at radius 1 is 1.28 bits per heavy atom. The molecule has 0 fully saturated rings. The molecule has 0 aliphatic carbocycles. The fourth-order valence-electron chi connectivity index (χ4n) is 1.67. The highest BCUT2D eigenvalue weighted by Crippen LogP contribution is 2.25. The number of anilines is 1. The van der Waals surface area contributed by atoms with Gasteiger partial charge in [-0.3, -0.25) is 0 Å². The highest BCUT2D eigenvalue weighted by Gasteiger charge is 2.09. The van der Waals surface area contributed by atoms with E-state index < -0.39 is 0 Å². The second-order valence-electron chi connectivity index (χ2n) is 5.63. The first-order valence-corrected chi connectivity index (χ1v) is 7.05. The van der Waals surface area contributed by atoms with Gasteiger partial charge >= 0.3 is 0 Å². The molecule has 1 aromatic carbocycles. The molecule has 0 spiro atoms. The number of halogens is 1. The average Bonchev–Trinajstić information content (AvgIpc) is 2.29. The third-order valence-electron chi connectivity index (χ3n) is 2.71. The molecule has 0 amide bonds. The number of benzene rings is 1. The Hall–Kier alpha value is -0.890. The lowest BCUT2D eigenvalue weighted by atomic mass is 9.92. The number of nitrogens with one attached hydrogen (secondary N) is 1. The number of rotatable bonds is 6. The van der Waals surface area contributed by atoms with Gasteiger partial charge in [-0.15, -0.1) is 11.6 Å². The molecule has 2 nitrogen and oxygen atoms in total. The lowest BCUT2D eigenvalue weighted by Crippen LogP contribution is -2.12. The van der Waals surface area contributed by atoms with E-state index in [1.165, 1.54) is 0 Å². The van der Waals surface area contributed by atoms with E-state index in [1.807, 2.05) is 19.1 Å². The third-order valence-corrected chi connectivity index (χ3v) is 3.00. The molecule has 1 N–H and O–H groups in total. The minimum Gasteiger partial charge on any atom is -0.494 e. The van der Waals surface area contributed by atoms with Gasteiger partial charge < -0.3 is 10.1 Å². The molecule has 1 rings (SSSR count). The van der Waals surface area contributed by atoms with Crippen LogP contribution < -0.4 is 10.1 Å². The summed E-state index contributed by atoms with van der Waals surface area (Å²) < 4.78 is 5.53. The van der Waals surface area contributed by atoms with Crippen molar-refractivity contribution in [3.63, 3.8) is 0 Å². The van der Waals surface area contributed by atoms with Crippen molar-refractivity contribution in [1.29, 1.82) is 0 Å². The normalized spacial score (nSPS) is 11.4. The van der Waals surface area contributed by atoms with Gasteiger partial charge in [0.05, 0.1) is 12.5 Å². The van der Waals surface area contributed by atoms with Crippen LogP contribution in [0.4, 0.5) is 5.69 Å². The summed E-state index contributed by atoms with van der Waals surface area (Å²) in [7, 11) is 0. The van der Waals surface area contributed by atoms with Gasteiger partial charge in [-0.05, 0) is 37.0 Å². The Bertz CT molecular complexity index is 371. The van der Waals surface area contributed by atoms with Crippen molar-refractivity contribution < 1.29 is 4.74 Å². The minimum atomic E-state index is 0.355. The smallest absolute Gasteiger partial charge is 0.123 e. The summed E-state index contributed by atoms with van der Waals surface area (Å²) in [6.45, 7) is 10.4. The number of hydrogen-bond acceptors (Lipinski definition) is 2. The van der Waals surface area contributed by atoms with Crippen LogP contribution in [0, 0.1) is 5.41 Å². The lowest BCUT2D eigenvalue weighted by molar-refractivity contribution is 0.337. The van der Waals surface area contributed by atoms with Crippen LogP contribution in [0.25, 0.3) is 0 Å².